The Bertz CT molecular complexity index is 674. The van der Waals surface area contributed by atoms with Crippen molar-refractivity contribution in [2.75, 3.05) is 32.5 Å². The molecule has 6 nitrogen and oxygen atoms in total. The van der Waals surface area contributed by atoms with Gasteiger partial charge < -0.3 is 5.32 Å². The van der Waals surface area contributed by atoms with Crippen molar-refractivity contribution in [3.8, 4) is 0 Å². The molecule has 1 aromatic rings. The summed E-state index contributed by atoms with van der Waals surface area (Å²) in [5, 5.41) is 3.60. The van der Waals surface area contributed by atoms with Crippen molar-refractivity contribution in [2.24, 2.45) is 5.92 Å². The maximum Gasteiger partial charge on any atom is 0.281 e. The summed E-state index contributed by atoms with van der Waals surface area (Å²) in [6, 6.07) is 4.77. The molecule has 128 valence electrons. The van der Waals surface area contributed by atoms with Gasteiger partial charge in [-0.15, -0.1) is 0 Å². The van der Waals surface area contributed by atoms with E-state index in [4.69, 9.17) is 23.2 Å². The molecule has 1 N–H and O–H groups in total. The van der Waals surface area contributed by atoms with Crippen molar-refractivity contribution < 1.29 is 13.2 Å². The number of amides is 1. The molecule has 0 spiro atoms. The van der Waals surface area contributed by atoms with Gasteiger partial charge in [0.05, 0.1) is 5.92 Å². The van der Waals surface area contributed by atoms with Crippen molar-refractivity contribution in [1.82, 2.24) is 8.61 Å². The number of hydrogen-bond acceptors (Lipinski definition) is 3. The van der Waals surface area contributed by atoms with E-state index in [0.29, 0.717) is 35.1 Å². The minimum Gasteiger partial charge on any atom is -0.326 e. The van der Waals surface area contributed by atoms with E-state index in [1.54, 1.807) is 18.2 Å². The number of anilines is 1. The number of halogens is 2. The molecule has 0 aromatic heterocycles. The third kappa shape index (κ3) is 4.58. The van der Waals surface area contributed by atoms with Crippen LogP contribution < -0.4 is 5.32 Å². The summed E-state index contributed by atoms with van der Waals surface area (Å²) in [7, 11) is -0.550. The lowest BCUT2D eigenvalue weighted by Gasteiger charge is -2.32. The summed E-state index contributed by atoms with van der Waals surface area (Å²) >= 11 is 11.8. The number of nitrogens with one attached hydrogen (secondary N) is 1. The fraction of sp³-hybridized carbons (Fsp3) is 0.500. The number of piperidine rings is 1. The topological polar surface area (TPSA) is 69.7 Å². The molecular formula is C14H19Cl2N3O3S. The molecule has 1 heterocycles. The van der Waals surface area contributed by atoms with Crippen LogP contribution in [0.2, 0.25) is 10.0 Å². The summed E-state index contributed by atoms with van der Waals surface area (Å²) in [5.74, 6) is -0.641. The Morgan fingerprint density at radius 3 is 2.43 bits per heavy atom. The van der Waals surface area contributed by atoms with Gasteiger partial charge >= 0.3 is 0 Å². The fourth-order valence-electron chi connectivity index (χ4n) is 2.47. The molecule has 1 fully saturated rings. The van der Waals surface area contributed by atoms with Gasteiger partial charge in [0, 0.05) is 42.9 Å². The molecule has 1 aliphatic rings. The van der Waals surface area contributed by atoms with Gasteiger partial charge in [0.1, 0.15) is 0 Å². The number of carbonyl (C=O) groups is 1. The van der Waals surface area contributed by atoms with Crippen LogP contribution in [0.25, 0.3) is 0 Å². The van der Waals surface area contributed by atoms with E-state index in [1.165, 1.54) is 18.4 Å². The van der Waals surface area contributed by atoms with Crippen molar-refractivity contribution in [1.29, 1.82) is 0 Å². The molecule has 1 saturated heterocycles. The zero-order chi connectivity index (χ0) is 17.2. The zero-order valence-corrected chi connectivity index (χ0v) is 15.2. The van der Waals surface area contributed by atoms with E-state index in [-0.39, 0.29) is 12.5 Å². The molecule has 0 bridgehead atoms. The van der Waals surface area contributed by atoms with Gasteiger partial charge in [-0.2, -0.15) is 17.0 Å². The lowest BCUT2D eigenvalue weighted by Crippen LogP contribution is -2.47. The maximum absolute atomic E-state index is 12.4. The van der Waals surface area contributed by atoms with Crippen LogP contribution in [-0.2, 0) is 15.0 Å². The van der Waals surface area contributed by atoms with Gasteiger partial charge in [0.15, 0.2) is 0 Å². The van der Waals surface area contributed by atoms with E-state index in [9.17, 15) is 13.2 Å². The van der Waals surface area contributed by atoms with Gasteiger partial charge in [0.25, 0.3) is 10.2 Å². The quantitative estimate of drug-likeness (QED) is 0.873. The number of benzene rings is 1. The Morgan fingerprint density at radius 1 is 1.26 bits per heavy atom. The third-order valence-corrected chi connectivity index (χ3v) is 6.02. The normalized spacial score (nSPS) is 19.8. The van der Waals surface area contributed by atoms with Crippen molar-refractivity contribution >= 4 is 45.0 Å². The molecular weight excluding hydrogens is 361 g/mol. The summed E-state index contributed by atoms with van der Waals surface area (Å²) in [5.41, 5.74) is 0.500. The third-order valence-electron chi connectivity index (χ3n) is 3.67. The van der Waals surface area contributed by atoms with Crippen molar-refractivity contribution in [3.05, 3.63) is 28.2 Å². The Kier molecular flexibility index (Phi) is 5.91. The fourth-order valence-corrected chi connectivity index (χ4v) is 4.18. The molecule has 9 heteroatoms. The van der Waals surface area contributed by atoms with E-state index in [0.717, 1.165) is 4.31 Å². The first-order valence-electron chi connectivity index (χ1n) is 7.14. The van der Waals surface area contributed by atoms with Crippen LogP contribution in [0.1, 0.15) is 12.8 Å². The second-order valence-electron chi connectivity index (χ2n) is 5.63. The van der Waals surface area contributed by atoms with E-state index < -0.39 is 16.1 Å². The summed E-state index contributed by atoms with van der Waals surface area (Å²) in [6.07, 6.45) is 1.28. The highest BCUT2D eigenvalue weighted by Gasteiger charge is 2.33. The summed E-state index contributed by atoms with van der Waals surface area (Å²) in [4.78, 5) is 12.4. The lowest BCUT2D eigenvalue weighted by molar-refractivity contribution is -0.120. The van der Waals surface area contributed by atoms with Gasteiger partial charge in [-0.3, -0.25) is 4.79 Å². The van der Waals surface area contributed by atoms with Crippen molar-refractivity contribution in [3.63, 3.8) is 0 Å². The SMILES string of the molecule is CN(C)S(=O)(=O)N1CCCC(C(=O)Nc2cc(Cl)cc(Cl)c2)C1. The Labute approximate surface area is 146 Å². The summed E-state index contributed by atoms with van der Waals surface area (Å²) in [6.45, 7) is 0.591. The molecule has 1 atom stereocenters. The molecule has 1 aromatic carbocycles. The predicted molar refractivity (Wildman–Crippen MR) is 92.0 cm³/mol. The largest absolute Gasteiger partial charge is 0.326 e. The number of hydrogen-bond donors (Lipinski definition) is 1. The van der Waals surface area contributed by atoms with Crippen LogP contribution in [-0.4, -0.2) is 50.1 Å². The molecule has 23 heavy (non-hydrogen) atoms. The molecule has 2 rings (SSSR count). The first-order chi connectivity index (χ1) is 10.7. The van der Waals surface area contributed by atoms with Gasteiger partial charge in [-0.1, -0.05) is 23.2 Å². The van der Waals surface area contributed by atoms with E-state index >= 15 is 0 Å². The van der Waals surface area contributed by atoms with Crippen LogP contribution in [0.15, 0.2) is 18.2 Å². The zero-order valence-electron chi connectivity index (χ0n) is 12.9. The van der Waals surface area contributed by atoms with Crippen LogP contribution in [0.4, 0.5) is 5.69 Å². The highest BCUT2D eigenvalue weighted by molar-refractivity contribution is 7.86. The highest BCUT2D eigenvalue weighted by Crippen LogP contribution is 2.25. The first kappa shape index (κ1) is 18.5. The second-order valence-corrected chi connectivity index (χ2v) is 8.65. The van der Waals surface area contributed by atoms with E-state index in [1.807, 2.05) is 0 Å². The molecule has 1 aliphatic heterocycles. The highest BCUT2D eigenvalue weighted by atomic mass is 35.5. The van der Waals surface area contributed by atoms with Crippen LogP contribution in [0.3, 0.4) is 0 Å². The average molecular weight is 380 g/mol. The second kappa shape index (κ2) is 7.36. The maximum atomic E-state index is 12.4. The van der Waals surface area contributed by atoms with Gasteiger partial charge in [-0.25, -0.2) is 0 Å². The van der Waals surface area contributed by atoms with Gasteiger partial charge in [-0.05, 0) is 31.0 Å². The monoisotopic (exact) mass is 379 g/mol. The van der Waals surface area contributed by atoms with Crippen molar-refractivity contribution in [2.45, 2.75) is 12.8 Å². The first-order valence-corrected chi connectivity index (χ1v) is 9.30. The molecule has 1 unspecified atom stereocenters. The number of rotatable bonds is 4. The molecule has 0 radical (unpaired) electrons. The molecule has 1 amide bonds. The van der Waals surface area contributed by atoms with Crippen LogP contribution in [0.5, 0.6) is 0 Å². The average Bonchev–Trinajstić information content (AvgIpc) is 2.46. The van der Waals surface area contributed by atoms with Crippen LogP contribution in [0, 0.1) is 5.92 Å². The molecule has 0 saturated carbocycles. The van der Waals surface area contributed by atoms with Gasteiger partial charge in [0.2, 0.25) is 5.91 Å². The minimum atomic E-state index is -3.51. The summed E-state index contributed by atoms with van der Waals surface area (Å²) < 4.78 is 26.9. The van der Waals surface area contributed by atoms with E-state index in [2.05, 4.69) is 5.32 Å². The molecule has 0 aliphatic carbocycles. The Balaban J connectivity index is 2.07. The number of carbonyl (C=O) groups excluding carboxylic acids is 1. The lowest BCUT2D eigenvalue weighted by atomic mass is 9.99. The predicted octanol–water partition coefficient (Wildman–Crippen LogP) is 2.45. The minimum absolute atomic E-state index is 0.167. The number of nitrogens with zero attached hydrogens (tertiary/aromatic N) is 2. The smallest absolute Gasteiger partial charge is 0.281 e. The van der Waals surface area contributed by atoms with Crippen LogP contribution >= 0.6 is 23.2 Å². The standard InChI is InChI=1S/C14H19Cl2N3O3S/c1-18(2)23(21,22)19-5-3-4-10(9-19)14(20)17-13-7-11(15)6-12(16)8-13/h6-8,10H,3-5,9H2,1-2H3,(H,17,20). The Hall–Kier alpha value is -0.860. The Morgan fingerprint density at radius 2 is 1.87 bits per heavy atom.